The minimum Gasteiger partial charge on any atom is -0.481 e. The lowest BCUT2D eigenvalue weighted by atomic mass is 10.4. The fraction of sp³-hybridized carbons (Fsp3) is 0.833. The van der Waals surface area contributed by atoms with Crippen LogP contribution in [0.4, 0.5) is 0 Å². The Labute approximate surface area is 65.2 Å². The van der Waals surface area contributed by atoms with Crippen molar-refractivity contribution >= 4 is 5.97 Å². The number of aliphatic carboxylic acids is 1. The van der Waals surface area contributed by atoms with Crippen molar-refractivity contribution in [1.82, 2.24) is 0 Å². The number of hydrogen-bond acceptors (Lipinski definition) is 4. The number of rotatable bonds is 3. The van der Waals surface area contributed by atoms with Crippen molar-refractivity contribution in [2.45, 2.75) is 13.0 Å². The number of ether oxygens (including phenoxy) is 1. The molecule has 68 valence electrons. The van der Waals surface area contributed by atoms with Crippen molar-refractivity contribution in [2.24, 2.45) is 0 Å². The molecule has 5 heteroatoms. The van der Waals surface area contributed by atoms with E-state index in [0.29, 0.717) is 0 Å². The number of carboxylic acids is 1. The van der Waals surface area contributed by atoms with Gasteiger partial charge in [-0.2, -0.15) is 0 Å². The van der Waals surface area contributed by atoms with Crippen LogP contribution in [0.3, 0.4) is 0 Å². The van der Waals surface area contributed by atoms with E-state index in [1.165, 1.54) is 7.11 Å². The molecule has 0 aliphatic rings. The van der Waals surface area contributed by atoms with Crippen molar-refractivity contribution in [3.05, 3.63) is 0 Å². The summed E-state index contributed by atoms with van der Waals surface area (Å²) in [6.45, 7) is 0.847. The fourth-order valence-corrected chi connectivity index (χ4v) is 0.207. The maximum absolute atomic E-state index is 9.00. The SMILES string of the molecule is CC(=O)O.COC(CO)CO. The standard InChI is InChI=1S/C4H10O3.C2H4O2/c1-7-4(2-5)3-6;1-2(3)4/h4-6H,2-3H2,1H3;1H3,(H,3,4). The van der Waals surface area contributed by atoms with Gasteiger partial charge in [0.15, 0.2) is 0 Å². The molecule has 0 atom stereocenters. The molecule has 0 bridgehead atoms. The van der Waals surface area contributed by atoms with Crippen LogP contribution in [0.25, 0.3) is 0 Å². The van der Waals surface area contributed by atoms with Crippen molar-refractivity contribution in [3.63, 3.8) is 0 Å². The predicted molar refractivity (Wildman–Crippen MR) is 38.3 cm³/mol. The Morgan fingerprint density at radius 3 is 1.73 bits per heavy atom. The summed E-state index contributed by atoms with van der Waals surface area (Å²) in [4.78, 5) is 9.00. The minimum atomic E-state index is -0.833. The Hall–Kier alpha value is -0.650. The van der Waals surface area contributed by atoms with Gasteiger partial charge in [-0.1, -0.05) is 0 Å². The highest BCUT2D eigenvalue weighted by Gasteiger charge is 1.99. The fourth-order valence-electron chi connectivity index (χ4n) is 0.207. The number of carbonyl (C=O) groups is 1. The van der Waals surface area contributed by atoms with Crippen LogP contribution in [-0.4, -0.2) is 47.7 Å². The zero-order chi connectivity index (χ0) is 9.28. The molecular weight excluding hydrogens is 152 g/mol. The third-order valence-electron chi connectivity index (χ3n) is 0.741. The molecule has 0 unspecified atom stereocenters. The summed E-state index contributed by atoms with van der Waals surface area (Å²) in [5, 5.41) is 23.9. The third kappa shape index (κ3) is 17.6. The van der Waals surface area contributed by atoms with E-state index in [0.717, 1.165) is 6.92 Å². The molecule has 0 aliphatic heterocycles. The molecule has 0 aliphatic carbocycles. The van der Waals surface area contributed by atoms with E-state index in [2.05, 4.69) is 4.74 Å². The van der Waals surface area contributed by atoms with Crippen LogP contribution in [-0.2, 0) is 9.53 Å². The van der Waals surface area contributed by atoms with Crippen molar-refractivity contribution < 1.29 is 24.9 Å². The van der Waals surface area contributed by atoms with Gasteiger partial charge in [0.25, 0.3) is 5.97 Å². The normalized spacial score (nSPS) is 8.82. The van der Waals surface area contributed by atoms with Crippen molar-refractivity contribution in [3.8, 4) is 0 Å². The number of carboxylic acid groups (broad SMARTS) is 1. The quantitative estimate of drug-likeness (QED) is 0.504. The summed E-state index contributed by atoms with van der Waals surface area (Å²) in [6.07, 6.45) is -0.403. The largest absolute Gasteiger partial charge is 0.481 e. The first-order valence-corrected chi connectivity index (χ1v) is 3.02. The highest BCUT2D eigenvalue weighted by Crippen LogP contribution is 1.82. The minimum absolute atomic E-state index is 0.118. The van der Waals surface area contributed by atoms with Crippen LogP contribution in [0.1, 0.15) is 6.92 Å². The van der Waals surface area contributed by atoms with E-state index >= 15 is 0 Å². The molecule has 0 saturated carbocycles. The lowest BCUT2D eigenvalue weighted by Crippen LogP contribution is -2.19. The summed E-state index contributed by atoms with van der Waals surface area (Å²) in [6, 6.07) is 0. The van der Waals surface area contributed by atoms with E-state index in [9.17, 15) is 0 Å². The molecule has 0 radical (unpaired) electrons. The summed E-state index contributed by atoms with van der Waals surface area (Å²) >= 11 is 0. The number of hydrogen-bond donors (Lipinski definition) is 3. The monoisotopic (exact) mass is 166 g/mol. The van der Waals surface area contributed by atoms with Gasteiger partial charge in [0, 0.05) is 14.0 Å². The lowest BCUT2D eigenvalue weighted by molar-refractivity contribution is -0.134. The van der Waals surface area contributed by atoms with Gasteiger partial charge in [-0.05, 0) is 0 Å². The molecule has 0 heterocycles. The maximum atomic E-state index is 9.00. The molecule has 0 aromatic rings. The molecule has 0 amide bonds. The van der Waals surface area contributed by atoms with Gasteiger partial charge >= 0.3 is 0 Å². The van der Waals surface area contributed by atoms with Crippen LogP contribution in [0, 0.1) is 0 Å². The Morgan fingerprint density at radius 2 is 1.73 bits per heavy atom. The van der Waals surface area contributed by atoms with Gasteiger partial charge in [-0.15, -0.1) is 0 Å². The molecule has 11 heavy (non-hydrogen) atoms. The molecule has 0 aromatic carbocycles. The van der Waals surface area contributed by atoms with Gasteiger partial charge in [-0.25, -0.2) is 0 Å². The predicted octanol–water partition coefficient (Wildman–Crippen LogP) is -0.923. The topological polar surface area (TPSA) is 87.0 Å². The summed E-state index contributed by atoms with van der Waals surface area (Å²) in [5.41, 5.74) is 0. The number of methoxy groups -OCH3 is 1. The average Bonchev–Trinajstić information content (AvgIpc) is 1.90. The summed E-state index contributed by atoms with van der Waals surface area (Å²) < 4.78 is 4.55. The van der Waals surface area contributed by atoms with Crippen LogP contribution in [0.5, 0.6) is 0 Å². The van der Waals surface area contributed by atoms with Crippen LogP contribution >= 0.6 is 0 Å². The first-order valence-electron chi connectivity index (χ1n) is 3.02. The first kappa shape index (κ1) is 13.0. The Bertz CT molecular complexity index is 79.5. The Balaban J connectivity index is 0. The zero-order valence-corrected chi connectivity index (χ0v) is 6.65. The molecule has 0 fully saturated rings. The second-order valence-corrected chi connectivity index (χ2v) is 1.74. The van der Waals surface area contributed by atoms with Crippen molar-refractivity contribution in [2.75, 3.05) is 20.3 Å². The van der Waals surface area contributed by atoms with Gasteiger partial charge in [0.1, 0.15) is 6.10 Å². The lowest BCUT2D eigenvalue weighted by Gasteiger charge is -2.05. The van der Waals surface area contributed by atoms with Gasteiger partial charge in [-0.3, -0.25) is 4.79 Å². The van der Waals surface area contributed by atoms with Crippen LogP contribution < -0.4 is 0 Å². The second kappa shape index (κ2) is 9.35. The van der Waals surface area contributed by atoms with E-state index in [1.807, 2.05) is 0 Å². The Morgan fingerprint density at radius 1 is 1.45 bits per heavy atom. The molecule has 0 spiro atoms. The highest BCUT2D eigenvalue weighted by atomic mass is 16.5. The van der Waals surface area contributed by atoms with Gasteiger partial charge in [0.05, 0.1) is 13.2 Å². The first-order chi connectivity index (χ1) is 5.08. The van der Waals surface area contributed by atoms with E-state index in [-0.39, 0.29) is 13.2 Å². The molecule has 0 rings (SSSR count). The summed E-state index contributed by atoms with van der Waals surface area (Å²) in [5.74, 6) is -0.833. The van der Waals surface area contributed by atoms with Gasteiger partial charge < -0.3 is 20.1 Å². The van der Waals surface area contributed by atoms with E-state index in [4.69, 9.17) is 20.1 Å². The molecule has 3 N–H and O–H groups in total. The molecule has 0 aromatic heterocycles. The highest BCUT2D eigenvalue weighted by molar-refractivity contribution is 5.62. The maximum Gasteiger partial charge on any atom is 0.300 e. The average molecular weight is 166 g/mol. The molecular formula is C6H14O5. The van der Waals surface area contributed by atoms with Crippen LogP contribution in [0.15, 0.2) is 0 Å². The summed E-state index contributed by atoms with van der Waals surface area (Å²) in [7, 11) is 1.44. The number of aliphatic hydroxyl groups is 2. The van der Waals surface area contributed by atoms with E-state index < -0.39 is 12.1 Å². The van der Waals surface area contributed by atoms with Crippen LogP contribution in [0.2, 0.25) is 0 Å². The van der Waals surface area contributed by atoms with E-state index in [1.54, 1.807) is 0 Å². The van der Waals surface area contributed by atoms with Crippen molar-refractivity contribution in [1.29, 1.82) is 0 Å². The zero-order valence-electron chi connectivity index (χ0n) is 6.65. The second-order valence-electron chi connectivity index (χ2n) is 1.74. The number of aliphatic hydroxyl groups excluding tert-OH is 2. The molecule has 5 nitrogen and oxygen atoms in total. The Kier molecular flexibility index (Phi) is 11.0. The van der Waals surface area contributed by atoms with Gasteiger partial charge in [0.2, 0.25) is 0 Å². The molecule has 0 saturated heterocycles. The third-order valence-corrected chi connectivity index (χ3v) is 0.741. The smallest absolute Gasteiger partial charge is 0.300 e.